The Kier molecular flexibility index (Phi) is 3.88. The first-order valence-corrected chi connectivity index (χ1v) is 5.35. The molecule has 1 nitrogen and oxygen atoms in total. The SMILES string of the molecule is CCC/N=C/c1scc(Br)c1F. The first-order valence-electron chi connectivity index (χ1n) is 3.68. The molecule has 1 heterocycles. The predicted molar refractivity (Wildman–Crippen MR) is 54.7 cm³/mol. The third kappa shape index (κ3) is 2.38. The zero-order valence-corrected chi connectivity index (χ0v) is 9.08. The first-order chi connectivity index (χ1) is 5.75. The summed E-state index contributed by atoms with van der Waals surface area (Å²) in [5, 5.41) is 1.72. The maximum Gasteiger partial charge on any atom is 0.156 e. The summed E-state index contributed by atoms with van der Waals surface area (Å²) in [5.41, 5.74) is 0. The standard InChI is InChI=1S/C8H9BrFNS/c1-2-3-11-4-7-8(10)6(9)5-12-7/h4-5H,2-3H2,1H3/b11-4+. The van der Waals surface area contributed by atoms with Crippen LogP contribution in [0.3, 0.4) is 0 Å². The molecule has 0 saturated heterocycles. The van der Waals surface area contributed by atoms with Crippen molar-refractivity contribution in [3.63, 3.8) is 0 Å². The van der Waals surface area contributed by atoms with Gasteiger partial charge in [-0.05, 0) is 22.4 Å². The van der Waals surface area contributed by atoms with Gasteiger partial charge in [0.1, 0.15) is 0 Å². The number of rotatable bonds is 3. The molecule has 1 rings (SSSR count). The van der Waals surface area contributed by atoms with E-state index in [0.29, 0.717) is 9.35 Å². The Morgan fingerprint density at radius 3 is 3.00 bits per heavy atom. The number of thiophene rings is 1. The molecule has 0 aliphatic rings. The Labute approximate surface area is 83.5 Å². The smallest absolute Gasteiger partial charge is 0.156 e. The van der Waals surface area contributed by atoms with Gasteiger partial charge in [-0.2, -0.15) is 0 Å². The van der Waals surface area contributed by atoms with Gasteiger partial charge in [-0.3, -0.25) is 4.99 Å². The number of aliphatic imine (C=N–C) groups is 1. The molecular weight excluding hydrogens is 241 g/mol. The van der Waals surface area contributed by atoms with Crippen LogP contribution in [0.2, 0.25) is 0 Å². The molecule has 0 amide bonds. The van der Waals surface area contributed by atoms with E-state index in [2.05, 4.69) is 20.9 Å². The van der Waals surface area contributed by atoms with Crippen LogP contribution >= 0.6 is 27.3 Å². The second-order valence-corrected chi connectivity index (χ2v) is 4.06. The topological polar surface area (TPSA) is 12.4 Å². The maximum atomic E-state index is 13.1. The molecule has 0 aromatic carbocycles. The van der Waals surface area contributed by atoms with Gasteiger partial charge >= 0.3 is 0 Å². The van der Waals surface area contributed by atoms with Crippen LogP contribution in [0.1, 0.15) is 18.2 Å². The molecule has 12 heavy (non-hydrogen) atoms. The van der Waals surface area contributed by atoms with Crippen LogP contribution < -0.4 is 0 Å². The summed E-state index contributed by atoms with van der Waals surface area (Å²) in [7, 11) is 0. The van der Waals surface area contributed by atoms with E-state index < -0.39 is 0 Å². The Hall–Kier alpha value is -0.220. The Balaban J connectivity index is 2.69. The molecule has 1 aromatic rings. The molecule has 0 N–H and O–H groups in total. The predicted octanol–water partition coefficient (Wildman–Crippen LogP) is 3.48. The summed E-state index contributed by atoms with van der Waals surface area (Å²) in [5.74, 6) is -0.208. The van der Waals surface area contributed by atoms with E-state index in [4.69, 9.17) is 0 Å². The molecule has 0 atom stereocenters. The summed E-state index contributed by atoms with van der Waals surface area (Å²) >= 11 is 4.45. The van der Waals surface area contributed by atoms with Crippen molar-refractivity contribution in [2.24, 2.45) is 4.99 Å². The molecule has 0 unspecified atom stereocenters. The Bertz CT molecular complexity index is 283. The largest absolute Gasteiger partial charge is 0.292 e. The summed E-state index contributed by atoms with van der Waals surface area (Å²) in [6.07, 6.45) is 2.58. The quantitative estimate of drug-likeness (QED) is 0.728. The highest BCUT2D eigenvalue weighted by Crippen LogP contribution is 2.23. The number of hydrogen-bond acceptors (Lipinski definition) is 2. The van der Waals surface area contributed by atoms with Gasteiger partial charge < -0.3 is 0 Å². The molecule has 0 radical (unpaired) electrons. The highest BCUT2D eigenvalue weighted by Gasteiger charge is 2.05. The van der Waals surface area contributed by atoms with Crippen molar-refractivity contribution < 1.29 is 4.39 Å². The van der Waals surface area contributed by atoms with Crippen LogP contribution in [0.4, 0.5) is 4.39 Å². The lowest BCUT2D eigenvalue weighted by atomic mass is 10.4. The van der Waals surface area contributed by atoms with Crippen molar-refractivity contribution in [2.75, 3.05) is 6.54 Å². The summed E-state index contributed by atoms with van der Waals surface area (Å²) in [6.45, 7) is 2.80. The molecule has 0 spiro atoms. The van der Waals surface area contributed by atoms with Crippen LogP contribution in [-0.4, -0.2) is 12.8 Å². The Morgan fingerprint density at radius 1 is 1.75 bits per heavy atom. The monoisotopic (exact) mass is 249 g/mol. The van der Waals surface area contributed by atoms with E-state index in [1.54, 1.807) is 11.6 Å². The minimum absolute atomic E-state index is 0.208. The van der Waals surface area contributed by atoms with Crippen LogP contribution in [-0.2, 0) is 0 Å². The molecule has 4 heteroatoms. The zero-order valence-electron chi connectivity index (χ0n) is 6.68. The third-order valence-electron chi connectivity index (χ3n) is 1.28. The number of halogens is 2. The number of hydrogen-bond donors (Lipinski definition) is 0. The fourth-order valence-electron chi connectivity index (χ4n) is 0.700. The minimum atomic E-state index is -0.208. The normalized spacial score (nSPS) is 11.2. The number of nitrogens with zero attached hydrogens (tertiary/aromatic N) is 1. The lowest BCUT2D eigenvalue weighted by molar-refractivity contribution is 0.625. The molecule has 0 aliphatic carbocycles. The lowest BCUT2D eigenvalue weighted by Gasteiger charge is -1.87. The van der Waals surface area contributed by atoms with Crippen LogP contribution in [0.5, 0.6) is 0 Å². The van der Waals surface area contributed by atoms with Crippen molar-refractivity contribution in [1.82, 2.24) is 0 Å². The van der Waals surface area contributed by atoms with Gasteiger partial charge in [0.15, 0.2) is 5.82 Å². The van der Waals surface area contributed by atoms with Crippen molar-refractivity contribution >= 4 is 33.5 Å². The van der Waals surface area contributed by atoms with Gasteiger partial charge in [0.2, 0.25) is 0 Å². The molecule has 0 saturated carbocycles. The van der Waals surface area contributed by atoms with Crippen molar-refractivity contribution in [3.05, 3.63) is 20.5 Å². The van der Waals surface area contributed by atoms with Gasteiger partial charge in [-0.1, -0.05) is 6.92 Å². The van der Waals surface area contributed by atoms with E-state index in [1.807, 2.05) is 6.92 Å². The molecule has 0 aliphatic heterocycles. The van der Waals surface area contributed by atoms with Gasteiger partial charge in [-0.25, -0.2) is 4.39 Å². The second kappa shape index (κ2) is 4.72. The van der Waals surface area contributed by atoms with Gasteiger partial charge in [0.05, 0.1) is 9.35 Å². The van der Waals surface area contributed by atoms with Gasteiger partial charge in [0, 0.05) is 18.1 Å². The highest BCUT2D eigenvalue weighted by molar-refractivity contribution is 9.10. The van der Waals surface area contributed by atoms with Gasteiger partial charge in [0.25, 0.3) is 0 Å². The van der Waals surface area contributed by atoms with E-state index >= 15 is 0 Å². The minimum Gasteiger partial charge on any atom is -0.292 e. The van der Waals surface area contributed by atoms with E-state index in [1.165, 1.54) is 11.3 Å². The van der Waals surface area contributed by atoms with Crippen molar-refractivity contribution in [3.8, 4) is 0 Å². The fraction of sp³-hybridized carbons (Fsp3) is 0.375. The van der Waals surface area contributed by atoms with Crippen LogP contribution in [0.25, 0.3) is 0 Å². The average Bonchev–Trinajstić information content (AvgIpc) is 2.36. The van der Waals surface area contributed by atoms with E-state index in [0.717, 1.165) is 13.0 Å². The lowest BCUT2D eigenvalue weighted by Crippen LogP contribution is -1.82. The third-order valence-corrected chi connectivity index (χ3v) is 3.05. The fourth-order valence-corrected chi connectivity index (χ4v) is 2.01. The average molecular weight is 250 g/mol. The van der Waals surface area contributed by atoms with Crippen LogP contribution in [0, 0.1) is 5.82 Å². The van der Waals surface area contributed by atoms with Crippen molar-refractivity contribution in [1.29, 1.82) is 0 Å². The van der Waals surface area contributed by atoms with Crippen molar-refractivity contribution in [2.45, 2.75) is 13.3 Å². The molecule has 66 valence electrons. The maximum absolute atomic E-state index is 13.1. The summed E-state index contributed by atoms with van der Waals surface area (Å²) in [4.78, 5) is 4.65. The van der Waals surface area contributed by atoms with E-state index in [-0.39, 0.29) is 5.82 Å². The Morgan fingerprint density at radius 2 is 2.50 bits per heavy atom. The molecular formula is C8H9BrFNS. The zero-order chi connectivity index (χ0) is 8.97. The summed E-state index contributed by atoms with van der Waals surface area (Å²) < 4.78 is 13.6. The first kappa shape index (κ1) is 9.86. The highest BCUT2D eigenvalue weighted by atomic mass is 79.9. The molecule has 0 bridgehead atoms. The van der Waals surface area contributed by atoms with E-state index in [9.17, 15) is 4.39 Å². The van der Waals surface area contributed by atoms with Crippen LogP contribution in [0.15, 0.2) is 14.8 Å². The summed E-state index contributed by atoms with van der Waals surface area (Å²) in [6, 6.07) is 0. The second-order valence-electron chi connectivity index (χ2n) is 2.30. The molecule has 1 aromatic heterocycles. The molecule has 0 fully saturated rings. The van der Waals surface area contributed by atoms with Gasteiger partial charge in [-0.15, -0.1) is 11.3 Å².